The lowest BCUT2D eigenvalue weighted by Crippen LogP contribution is -2.52. The van der Waals surface area contributed by atoms with Crippen LogP contribution in [0, 0.1) is 23.1 Å². The molecule has 336 valence electrons. The first-order valence-corrected chi connectivity index (χ1v) is 25.1. The van der Waals surface area contributed by atoms with Gasteiger partial charge in [0.15, 0.2) is 5.82 Å². The molecule has 3 amide bonds. The second-order valence-electron chi connectivity index (χ2n) is 17.6. The van der Waals surface area contributed by atoms with E-state index >= 15 is 4.39 Å². The predicted molar refractivity (Wildman–Crippen MR) is 250 cm³/mol. The van der Waals surface area contributed by atoms with Gasteiger partial charge in [-0.15, -0.1) is 0 Å². The minimum absolute atomic E-state index is 0.0936. The molecule has 0 saturated carbocycles. The number of methoxy groups -OCH3 is 1. The number of piperidine rings is 3. The Morgan fingerprint density at radius 1 is 1.02 bits per heavy atom. The Labute approximate surface area is 379 Å². The van der Waals surface area contributed by atoms with Crippen LogP contribution in [0.25, 0.3) is 0 Å². The van der Waals surface area contributed by atoms with Crippen LogP contribution in [0.1, 0.15) is 85.3 Å². The second kappa shape index (κ2) is 18.9. The summed E-state index contributed by atoms with van der Waals surface area (Å²) in [5.74, 6) is 5.94. The van der Waals surface area contributed by atoms with Crippen LogP contribution in [-0.2, 0) is 27.1 Å². The van der Waals surface area contributed by atoms with Crippen molar-refractivity contribution in [2.75, 3.05) is 68.7 Å². The predicted octanol–water partition coefficient (Wildman–Crippen LogP) is 7.85. The molecule has 1 atom stereocenters. The van der Waals surface area contributed by atoms with E-state index in [2.05, 4.69) is 66.6 Å². The average molecular weight is 909 g/mol. The van der Waals surface area contributed by atoms with E-state index in [1.54, 1.807) is 26.6 Å². The van der Waals surface area contributed by atoms with Crippen molar-refractivity contribution in [3.63, 3.8) is 0 Å². The number of imide groups is 1. The summed E-state index contributed by atoms with van der Waals surface area (Å²) in [6.07, 6.45) is 8.79. The summed E-state index contributed by atoms with van der Waals surface area (Å²) in [5.41, 5.74) is 5.21. The van der Waals surface area contributed by atoms with Crippen molar-refractivity contribution in [1.82, 2.24) is 25.1 Å². The number of amides is 3. The molecule has 4 aromatic rings. The average Bonchev–Trinajstić information content (AvgIpc) is 3.61. The van der Waals surface area contributed by atoms with Crippen molar-refractivity contribution in [2.24, 2.45) is 5.41 Å². The fraction of sp³-hybridized carbons (Fsp3) is 0.438. The number of ether oxygens (including phenoxy) is 1. The van der Waals surface area contributed by atoms with E-state index in [0.29, 0.717) is 56.5 Å². The molecule has 3 fully saturated rings. The Kier molecular flexibility index (Phi) is 13.3. The third-order valence-corrected chi connectivity index (χ3v) is 15.1. The van der Waals surface area contributed by atoms with Gasteiger partial charge in [0.1, 0.15) is 29.8 Å². The first-order chi connectivity index (χ1) is 30.8. The van der Waals surface area contributed by atoms with Gasteiger partial charge in [-0.25, -0.2) is 9.37 Å². The lowest BCUT2D eigenvalue weighted by Gasteiger charge is -2.47. The van der Waals surface area contributed by atoms with E-state index in [1.807, 2.05) is 24.3 Å². The van der Waals surface area contributed by atoms with E-state index in [4.69, 9.17) is 16.3 Å². The molecule has 5 heterocycles. The highest BCUT2D eigenvalue weighted by atomic mass is 35.5. The summed E-state index contributed by atoms with van der Waals surface area (Å²) in [6.45, 7) is 10.6. The topological polar surface area (TPSA) is 149 Å². The van der Waals surface area contributed by atoms with Gasteiger partial charge in [-0.2, -0.15) is 4.98 Å². The lowest BCUT2D eigenvalue weighted by molar-refractivity contribution is -0.136. The standard InChI is InChI=1S/C48H55ClFN8O5P/c1-5-31-27-38(53-47-51-29-35(49)44(55-47)52-37-12-8-9-13-42(37)64(3,4)62)41(63-2)28-40(31)57-25-20-48(21-26-57)18-23-56(24-19-48)22-10-6-7-11-32-34-30-58(39-16-17-43(59)54-45(39)60)46(61)33(34)14-15-36(32)50/h8-9,12-15,27-29,39H,5-6,10,16-26,30H2,1-4H3,(H,54,59,60)(H2,51,52,53,55). The second-order valence-corrected chi connectivity index (χ2v) is 21.2. The summed E-state index contributed by atoms with van der Waals surface area (Å²) >= 11 is 6.53. The summed E-state index contributed by atoms with van der Waals surface area (Å²) < 4.78 is 33.9. The molecule has 64 heavy (non-hydrogen) atoms. The number of hydrogen-bond donors (Lipinski definition) is 3. The van der Waals surface area contributed by atoms with Crippen LogP contribution in [0.3, 0.4) is 0 Å². The maximum atomic E-state index is 15.0. The Morgan fingerprint density at radius 3 is 2.48 bits per heavy atom. The van der Waals surface area contributed by atoms with Gasteiger partial charge in [-0.3, -0.25) is 19.7 Å². The van der Waals surface area contributed by atoms with Crippen LogP contribution in [0.2, 0.25) is 5.02 Å². The largest absolute Gasteiger partial charge is 0.494 e. The number of benzene rings is 3. The molecule has 0 aliphatic carbocycles. The lowest BCUT2D eigenvalue weighted by atomic mass is 9.71. The maximum absolute atomic E-state index is 15.0. The molecular weight excluding hydrogens is 854 g/mol. The molecule has 16 heteroatoms. The molecule has 1 unspecified atom stereocenters. The molecule has 1 aromatic heterocycles. The van der Waals surface area contributed by atoms with Crippen LogP contribution < -0.4 is 30.9 Å². The highest BCUT2D eigenvalue weighted by Gasteiger charge is 2.41. The number of nitrogens with one attached hydrogen (secondary N) is 3. The molecule has 4 aliphatic heterocycles. The van der Waals surface area contributed by atoms with Crippen LogP contribution in [-0.4, -0.2) is 96.7 Å². The number of fused-ring (bicyclic) bond motifs is 1. The highest BCUT2D eigenvalue weighted by Crippen LogP contribution is 2.45. The van der Waals surface area contributed by atoms with Crippen LogP contribution in [0.15, 0.2) is 54.7 Å². The third kappa shape index (κ3) is 9.63. The van der Waals surface area contributed by atoms with Gasteiger partial charge in [0.05, 0.1) is 30.2 Å². The number of nitrogens with zero attached hydrogens (tertiary/aromatic N) is 5. The maximum Gasteiger partial charge on any atom is 0.255 e. The number of halogens is 2. The molecule has 0 bridgehead atoms. The van der Waals surface area contributed by atoms with Crippen molar-refractivity contribution < 1.29 is 28.1 Å². The van der Waals surface area contributed by atoms with E-state index in [1.165, 1.54) is 28.3 Å². The van der Waals surface area contributed by atoms with Gasteiger partial charge < -0.3 is 34.6 Å². The molecule has 3 saturated heterocycles. The summed E-state index contributed by atoms with van der Waals surface area (Å²) in [7, 11) is -0.899. The molecule has 13 nitrogen and oxygen atoms in total. The molecule has 1 spiro atoms. The van der Waals surface area contributed by atoms with Crippen LogP contribution >= 0.6 is 18.7 Å². The molecular formula is C48H55ClFN8O5P. The SMILES string of the molecule is CCc1cc(Nc2ncc(Cl)c(Nc3ccccc3P(C)(C)=O)n2)c(OC)cc1N1CCC2(CCN(CCCC#Cc3c(F)ccc4c3CN(C3CCC(=O)NC3=O)C4=O)CC2)CC1. The van der Waals surface area contributed by atoms with E-state index in [9.17, 15) is 18.9 Å². The van der Waals surface area contributed by atoms with Gasteiger partial charge >= 0.3 is 0 Å². The molecule has 8 rings (SSSR count). The van der Waals surface area contributed by atoms with E-state index < -0.39 is 24.9 Å². The number of aryl methyl sites for hydroxylation is 1. The van der Waals surface area contributed by atoms with E-state index in [-0.39, 0.29) is 36.8 Å². The van der Waals surface area contributed by atoms with Crippen LogP contribution in [0.4, 0.5) is 33.2 Å². The molecule has 3 N–H and O–H groups in total. The fourth-order valence-electron chi connectivity index (χ4n) is 9.53. The molecule has 3 aromatic carbocycles. The van der Waals surface area contributed by atoms with Gasteiger partial charge in [0, 0.05) is 60.7 Å². The number of hydrogen-bond acceptors (Lipinski definition) is 11. The van der Waals surface area contributed by atoms with Gasteiger partial charge in [0.25, 0.3) is 5.91 Å². The summed E-state index contributed by atoms with van der Waals surface area (Å²) in [6, 6.07) is 13.7. The number of unbranched alkanes of at least 4 members (excludes halogenated alkanes) is 1. The van der Waals surface area contributed by atoms with Crippen molar-refractivity contribution in [3.8, 4) is 17.6 Å². The van der Waals surface area contributed by atoms with Gasteiger partial charge in [-0.1, -0.05) is 42.5 Å². The highest BCUT2D eigenvalue weighted by molar-refractivity contribution is 7.70. The zero-order chi connectivity index (χ0) is 45.2. The van der Waals surface area contributed by atoms with Crippen molar-refractivity contribution >= 4 is 70.6 Å². The first-order valence-electron chi connectivity index (χ1n) is 22.1. The zero-order valence-electron chi connectivity index (χ0n) is 36.9. The monoisotopic (exact) mass is 908 g/mol. The first kappa shape index (κ1) is 45.1. The number of carbonyl (C=O) groups excluding carboxylic acids is 3. The Morgan fingerprint density at radius 2 is 1.77 bits per heavy atom. The number of para-hydroxylation sites is 1. The minimum atomic E-state index is -2.57. The van der Waals surface area contributed by atoms with Crippen molar-refractivity contribution in [3.05, 3.63) is 87.8 Å². The minimum Gasteiger partial charge on any atom is -0.494 e. The summed E-state index contributed by atoms with van der Waals surface area (Å²) in [5, 5.41) is 9.98. The fourth-order valence-corrected chi connectivity index (χ4v) is 10.8. The Bertz CT molecular complexity index is 2570. The number of rotatable bonds is 12. The number of anilines is 5. The number of likely N-dealkylation sites (tertiary alicyclic amines) is 1. The van der Waals surface area contributed by atoms with Gasteiger partial charge in [-0.05, 0) is 119 Å². The Balaban J connectivity index is 0.837. The molecule has 0 radical (unpaired) electrons. The van der Waals surface area contributed by atoms with E-state index in [0.717, 1.165) is 76.9 Å². The normalized spacial score (nSPS) is 18.7. The third-order valence-electron chi connectivity index (χ3n) is 13.2. The number of carbonyl (C=O) groups is 3. The number of aromatic nitrogens is 2. The Hall–Kier alpha value is -5.48. The van der Waals surface area contributed by atoms with Crippen molar-refractivity contribution in [1.29, 1.82) is 0 Å². The molecule has 4 aliphatic rings. The van der Waals surface area contributed by atoms with Gasteiger partial charge in [0.2, 0.25) is 17.8 Å². The quantitative estimate of drug-likeness (QED) is 0.0553. The zero-order valence-corrected chi connectivity index (χ0v) is 38.5. The summed E-state index contributed by atoms with van der Waals surface area (Å²) in [4.78, 5) is 52.9. The van der Waals surface area contributed by atoms with Crippen molar-refractivity contribution in [2.45, 2.75) is 77.3 Å². The van der Waals surface area contributed by atoms with Crippen LogP contribution in [0.5, 0.6) is 5.75 Å². The smallest absolute Gasteiger partial charge is 0.255 e.